The number of benzene rings is 1. The van der Waals surface area contributed by atoms with Crippen LogP contribution in [0.5, 0.6) is 0 Å². The van der Waals surface area contributed by atoms with Crippen LogP contribution in [0.4, 0.5) is 0 Å². The van der Waals surface area contributed by atoms with Crippen LogP contribution in [0.15, 0.2) is 30.6 Å². The van der Waals surface area contributed by atoms with E-state index in [-0.39, 0.29) is 5.91 Å². The van der Waals surface area contributed by atoms with E-state index in [1.165, 1.54) is 0 Å². The van der Waals surface area contributed by atoms with Gasteiger partial charge in [0.15, 0.2) is 0 Å². The number of aromatic nitrogens is 5. The molecule has 0 bridgehead atoms. The Hall–Kier alpha value is -2.70. The minimum absolute atomic E-state index is 0.0638. The third-order valence-corrected chi connectivity index (χ3v) is 2.88. The van der Waals surface area contributed by atoms with Crippen molar-refractivity contribution in [1.29, 1.82) is 0 Å². The van der Waals surface area contributed by atoms with Crippen molar-refractivity contribution in [3.05, 3.63) is 41.7 Å². The number of nitrogens with one attached hydrogen (secondary N) is 2. The molecule has 2 aromatic heterocycles. The van der Waals surface area contributed by atoms with E-state index >= 15 is 0 Å². The first-order valence-corrected chi connectivity index (χ1v) is 5.78. The summed E-state index contributed by atoms with van der Waals surface area (Å²) in [6.45, 7) is 0.506. The number of amides is 1. The molecular weight excluding hydrogens is 244 g/mol. The lowest BCUT2D eigenvalue weighted by Gasteiger charge is -2.16. The largest absolute Gasteiger partial charge is 0.337 e. The molecule has 3 rings (SSSR count). The standard InChI is InChI=1S/C12H12N6O/c1-18(7-8-5-13-14-6-8)12(19)9-2-3-10-11(4-9)16-17-15-10/h2-6H,7H2,1H3,(H,13,14)(H,15,16,17). The number of rotatable bonds is 3. The van der Waals surface area contributed by atoms with Crippen LogP contribution >= 0.6 is 0 Å². The Balaban J connectivity index is 1.82. The molecule has 1 amide bonds. The number of carbonyl (C=O) groups is 1. The van der Waals surface area contributed by atoms with E-state index in [2.05, 4.69) is 25.6 Å². The third kappa shape index (κ3) is 2.17. The molecule has 0 aliphatic rings. The second-order valence-electron chi connectivity index (χ2n) is 4.29. The van der Waals surface area contributed by atoms with Gasteiger partial charge >= 0.3 is 0 Å². The molecule has 19 heavy (non-hydrogen) atoms. The number of aromatic amines is 2. The summed E-state index contributed by atoms with van der Waals surface area (Å²) in [6.07, 6.45) is 3.47. The van der Waals surface area contributed by atoms with Crippen molar-refractivity contribution in [2.24, 2.45) is 0 Å². The topological polar surface area (TPSA) is 90.6 Å². The molecule has 0 saturated carbocycles. The molecule has 2 N–H and O–H groups in total. The fourth-order valence-corrected chi connectivity index (χ4v) is 1.90. The predicted molar refractivity (Wildman–Crippen MR) is 68.3 cm³/mol. The molecule has 7 heteroatoms. The maximum Gasteiger partial charge on any atom is 0.253 e. The van der Waals surface area contributed by atoms with Gasteiger partial charge in [-0.2, -0.15) is 20.5 Å². The van der Waals surface area contributed by atoms with Crippen LogP contribution in [0.25, 0.3) is 11.0 Å². The summed E-state index contributed by atoms with van der Waals surface area (Å²) in [7, 11) is 1.75. The van der Waals surface area contributed by atoms with Gasteiger partial charge in [-0.15, -0.1) is 0 Å². The van der Waals surface area contributed by atoms with Gasteiger partial charge in [0, 0.05) is 30.9 Å². The molecule has 0 atom stereocenters. The van der Waals surface area contributed by atoms with E-state index in [9.17, 15) is 4.79 Å². The first-order chi connectivity index (χ1) is 9.24. The Morgan fingerprint density at radius 2 is 2.16 bits per heavy atom. The van der Waals surface area contributed by atoms with Gasteiger partial charge in [0.25, 0.3) is 5.91 Å². The third-order valence-electron chi connectivity index (χ3n) is 2.88. The molecule has 2 heterocycles. The summed E-state index contributed by atoms with van der Waals surface area (Å²) >= 11 is 0. The fourth-order valence-electron chi connectivity index (χ4n) is 1.90. The van der Waals surface area contributed by atoms with E-state index in [1.54, 1.807) is 42.5 Å². The first-order valence-electron chi connectivity index (χ1n) is 5.78. The lowest BCUT2D eigenvalue weighted by Crippen LogP contribution is -2.25. The Labute approximate surface area is 108 Å². The maximum atomic E-state index is 12.3. The molecule has 1 aromatic carbocycles. The van der Waals surface area contributed by atoms with E-state index in [1.807, 2.05) is 0 Å². The number of carbonyl (C=O) groups excluding carboxylic acids is 1. The van der Waals surface area contributed by atoms with Gasteiger partial charge < -0.3 is 4.90 Å². The molecule has 0 aliphatic carbocycles. The monoisotopic (exact) mass is 256 g/mol. The average molecular weight is 256 g/mol. The lowest BCUT2D eigenvalue weighted by molar-refractivity contribution is 0.0785. The van der Waals surface area contributed by atoms with Crippen LogP contribution < -0.4 is 0 Å². The SMILES string of the molecule is CN(Cc1cn[nH]c1)C(=O)c1ccc2n[nH]nc2c1. The minimum atomic E-state index is -0.0638. The smallest absolute Gasteiger partial charge is 0.253 e. The summed E-state index contributed by atoms with van der Waals surface area (Å²) in [5, 5.41) is 17.0. The van der Waals surface area contributed by atoms with Crippen LogP contribution in [0.2, 0.25) is 0 Å². The summed E-state index contributed by atoms with van der Waals surface area (Å²) in [5.74, 6) is -0.0638. The van der Waals surface area contributed by atoms with Crippen molar-refractivity contribution < 1.29 is 4.79 Å². The van der Waals surface area contributed by atoms with Gasteiger partial charge in [-0.05, 0) is 18.2 Å². The van der Waals surface area contributed by atoms with Crippen LogP contribution in [-0.4, -0.2) is 43.5 Å². The van der Waals surface area contributed by atoms with Crippen LogP contribution in [0.1, 0.15) is 15.9 Å². The second-order valence-corrected chi connectivity index (χ2v) is 4.29. The van der Waals surface area contributed by atoms with Crippen LogP contribution in [0.3, 0.4) is 0 Å². The van der Waals surface area contributed by atoms with E-state index in [4.69, 9.17) is 0 Å². The zero-order valence-electron chi connectivity index (χ0n) is 10.3. The van der Waals surface area contributed by atoms with Crippen LogP contribution in [0, 0.1) is 0 Å². The van der Waals surface area contributed by atoms with Gasteiger partial charge in [-0.1, -0.05) is 0 Å². The van der Waals surface area contributed by atoms with Crippen molar-refractivity contribution in [1.82, 2.24) is 30.5 Å². The average Bonchev–Trinajstić information content (AvgIpc) is 3.07. The molecule has 0 aliphatic heterocycles. The van der Waals surface area contributed by atoms with E-state index in [0.29, 0.717) is 17.6 Å². The van der Waals surface area contributed by atoms with Crippen molar-refractivity contribution in [2.45, 2.75) is 6.54 Å². The van der Waals surface area contributed by atoms with Gasteiger partial charge in [0.2, 0.25) is 0 Å². The highest BCUT2D eigenvalue weighted by molar-refractivity contribution is 5.97. The Bertz CT molecular complexity index is 702. The van der Waals surface area contributed by atoms with E-state index < -0.39 is 0 Å². The van der Waals surface area contributed by atoms with Gasteiger partial charge in [0.1, 0.15) is 11.0 Å². The predicted octanol–water partition coefficient (Wildman–Crippen LogP) is 0.953. The van der Waals surface area contributed by atoms with Crippen LogP contribution in [-0.2, 0) is 6.54 Å². The maximum absolute atomic E-state index is 12.3. The molecule has 3 aromatic rings. The Kier molecular flexibility index (Phi) is 2.71. The molecule has 0 spiro atoms. The molecular formula is C12H12N6O. The highest BCUT2D eigenvalue weighted by Crippen LogP contribution is 2.13. The molecule has 0 fully saturated rings. The van der Waals surface area contributed by atoms with Gasteiger partial charge in [0.05, 0.1) is 6.20 Å². The quantitative estimate of drug-likeness (QED) is 0.730. The zero-order valence-corrected chi connectivity index (χ0v) is 10.3. The number of H-pyrrole nitrogens is 2. The van der Waals surface area contributed by atoms with Crippen molar-refractivity contribution in [3.63, 3.8) is 0 Å². The van der Waals surface area contributed by atoms with Gasteiger partial charge in [-0.3, -0.25) is 9.89 Å². The molecule has 0 radical (unpaired) electrons. The van der Waals surface area contributed by atoms with Gasteiger partial charge in [-0.25, -0.2) is 0 Å². The van der Waals surface area contributed by atoms with E-state index in [0.717, 1.165) is 11.1 Å². The number of hydrogen-bond donors (Lipinski definition) is 2. The zero-order chi connectivity index (χ0) is 13.2. The number of hydrogen-bond acceptors (Lipinski definition) is 4. The summed E-state index contributed by atoms with van der Waals surface area (Å²) in [4.78, 5) is 13.9. The second kappa shape index (κ2) is 4.52. The minimum Gasteiger partial charge on any atom is -0.337 e. The lowest BCUT2D eigenvalue weighted by atomic mass is 10.1. The Morgan fingerprint density at radius 3 is 2.95 bits per heavy atom. The molecule has 0 unspecified atom stereocenters. The first kappa shape index (κ1) is 11.4. The summed E-state index contributed by atoms with van der Waals surface area (Å²) in [6, 6.07) is 5.25. The fraction of sp³-hybridized carbons (Fsp3) is 0.167. The number of fused-ring (bicyclic) bond motifs is 1. The summed E-state index contributed by atoms with van der Waals surface area (Å²) in [5.41, 5.74) is 2.97. The highest BCUT2D eigenvalue weighted by atomic mass is 16.2. The highest BCUT2D eigenvalue weighted by Gasteiger charge is 2.13. The summed E-state index contributed by atoms with van der Waals surface area (Å²) < 4.78 is 0. The van der Waals surface area contributed by atoms with Crippen molar-refractivity contribution in [3.8, 4) is 0 Å². The molecule has 0 saturated heterocycles. The van der Waals surface area contributed by atoms with Crippen molar-refractivity contribution >= 4 is 16.9 Å². The number of nitrogens with zero attached hydrogens (tertiary/aromatic N) is 4. The van der Waals surface area contributed by atoms with Crippen molar-refractivity contribution in [2.75, 3.05) is 7.05 Å². The Morgan fingerprint density at radius 1 is 1.32 bits per heavy atom. The molecule has 96 valence electrons. The molecule has 7 nitrogen and oxygen atoms in total. The normalized spacial score (nSPS) is 10.8.